The molecule has 2 rings (SSSR count). The largest absolute Gasteiger partial charge is 0.343 e. The number of aryl methyl sites for hydroxylation is 1. The zero-order valence-corrected chi connectivity index (χ0v) is 12.0. The lowest BCUT2D eigenvalue weighted by Gasteiger charge is -2.37. The van der Waals surface area contributed by atoms with Crippen LogP contribution in [-0.4, -0.2) is 23.9 Å². The van der Waals surface area contributed by atoms with Gasteiger partial charge in [-0.05, 0) is 38.0 Å². The highest BCUT2D eigenvalue weighted by Crippen LogP contribution is 2.30. The average molecular weight is 281 g/mol. The van der Waals surface area contributed by atoms with Gasteiger partial charge in [-0.3, -0.25) is 14.5 Å². The number of nitrogens with one attached hydrogen (secondary N) is 1. The Labute approximate surface area is 117 Å². The average Bonchev–Trinajstić information content (AvgIpc) is 2.36. The van der Waals surface area contributed by atoms with Crippen LogP contribution in [0.4, 0.5) is 5.69 Å². The van der Waals surface area contributed by atoms with E-state index in [9.17, 15) is 9.59 Å². The van der Waals surface area contributed by atoms with Crippen LogP contribution in [0.3, 0.4) is 0 Å². The van der Waals surface area contributed by atoms with Crippen molar-refractivity contribution in [2.24, 2.45) is 0 Å². The second kappa shape index (κ2) is 5.21. The van der Waals surface area contributed by atoms with Gasteiger partial charge in [0, 0.05) is 0 Å². The Hall–Kier alpha value is -1.55. The van der Waals surface area contributed by atoms with Crippen molar-refractivity contribution in [1.29, 1.82) is 0 Å². The molecular weight excluding hydrogens is 264 g/mol. The molecule has 0 aromatic heterocycles. The van der Waals surface area contributed by atoms with E-state index < -0.39 is 12.1 Å². The number of carbonyl (C=O) groups excluding carboxylic acids is 2. The summed E-state index contributed by atoms with van der Waals surface area (Å²) in [5, 5.41) is 3.21. The molecule has 1 fully saturated rings. The summed E-state index contributed by atoms with van der Waals surface area (Å²) in [4.78, 5) is 25.8. The fourth-order valence-electron chi connectivity index (χ4n) is 2.24. The molecule has 1 N–H and O–H groups in total. The summed E-state index contributed by atoms with van der Waals surface area (Å²) in [5.74, 6) is -0.261. The van der Waals surface area contributed by atoms with Gasteiger partial charge in [0.15, 0.2) is 0 Å². The minimum absolute atomic E-state index is 0.111. The van der Waals surface area contributed by atoms with Crippen LogP contribution in [0.15, 0.2) is 18.2 Å². The fourth-order valence-corrected chi connectivity index (χ4v) is 2.57. The van der Waals surface area contributed by atoms with E-state index in [4.69, 9.17) is 11.6 Å². The number of anilines is 1. The van der Waals surface area contributed by atoms with Crippen molar-refractivity contribution >= 4 is 29.1 Å². The van der Waals surface area contributed by atoms with E-state index in [1.54, 1.807) is 19.1 Å². The van der Waals surface area contributed by atoms with Gasteiger partial charge in [0.2, 0.25) is 11.8 Å². The maximum Gasteiger partial charge on any atom is 0.250 e. The molecule has 19 heavy (non-hydrogen) atoms. The molecule has 2 atom stereocenters. The molecular formula is C14H17ClN2O2. The van der Waals surface area contributed by atoms with Gasteiger partial charge in [0.05, 0.1) is 10.7 Å². The minimum Gasteiger partial charge on any atom is -0.343 e. The number of hydrogen-bond donors (Lipinski definition) is 1. The topological polar surface area (TPSA) is 49.4 Å². The third kappa shape index (κ3) is 2.45. The van der Waals surface area contributed by atoms with E-state index >= 15 is 0 Å². The number of rotatable bonds is 2. The highest BCUT2D eigenvalue weighted by molar-refractivity contribution is 6.34. The third-order valence-electron chi connectivity index (χ3n) is 3.39. The molecule has 0 spiro atoms. The molecule has 1 aliphatic rings. The van der Waals surface area contributed by atoms with Gasteiger partial charge >= 0.3 is 0 Å². The second-order valence-corrected chi connectivity index (χ2v) is 5.22. The predicted octanol–water partition coefficient (Wildman–Crippen LogP) is 2.28. The molecule has 2 amide bonds. The van der Waals surface area contributed by atoms with Crippen LogP contribution in [0.5, 0.6) is 0 Å². The van der Waals surface area contributed by atoms with Crippen LogP contribution < -0.4 is 10.2 Å². The van der Waals surface area contributed by atoms with Crippen molar-refractivity contribution in [2.75, 3.05) is 4.90 Å². The Bertz CT molecular complexity index is 530. The van der Waals surface area contributed by atoms with Gasteiger partial charge in [0.25, 0.3) is 0 Å². The van der Waals surface area contributed by atoms with Gasteiger partial charge in [-0.1, -0.05) is 24.6 Å². The Morgan fingerprint density at radius 1 is 1.37 bits per heavy atom. The zero-order chi connectivity index (χ0) is 14.2. The maximum absolute atomic E-state index is 12.4. The van der Waals surface area contributed by atoms with E-state index in [2.05, 4.69) is 5.32 Å². The van der Waals surface area contributed by atoms with E-state index in [0.717, 1.165) is 5.56 Å². The second-order valence-electron chi connectivity index (χ2n) is 4.81. The van der Waals surface area contributed by atoms with Gasteiger partial charge in [0.1, 0.15) is 12.1 Å². The lowest BCUT2D eigenvalue weighted by atomic mass is 10.0. The summed E-state index contributed by atoms with van der Waals surface area (Å²) in [7, 11) is 0. The van der Waals surface area contributed by atoms with Gasteiger partial charge < -0.3 is 5.32 Å². The Balaban J connectivity index is 2.45. The molecule has 1 aromatic rings. The molecule has 0 aliphatic carbocycles. The lowest BCUT2D eigenvalue weighted by molar-refractivity contribution is -0.133. The summed E-state index contributed by atoms with van der Waals surface area (Å²) in [6.07, 6.45) is 0.567. The highest BCUT2D eigenvalue weighted by atomic mass is 35.5. The van der Waals surface area contributed by atoms with E-state index in [1.807, 2.05) is 19.9 Å². The number of halogens is 1. The molecule has 102 valence electrons. The van der Waals surface area contributed by atoms with E-state index in [-0.39, 0.29) is 11.8 Å². The fraction of sp³-hybridized carbons (Fsp3) is 0.429. The van der Waals surface area contributed by atoms with Gasteiger partial charge in [-0.15, -0.1) is 0 Å². The van der Waals surface area contributed by atoms with Crippen molar-refractivity contribution < 1.29 is 9.59 Å². The summed E-state index contributed by atoms with van der Waals surface area (Å²) in [6, 6.07) is 4.45. The Kier molecular flexibility index (Phi) is 3.80. The van der Waals surface area contributed by atoms with E-state index in [0.29, 0.717) is 17.1 Å². The number of benzene rings is 1. The molecule has 0 saturated carbocycles. The van der Waals surface area contributed by atoms with Gasteiger partial charge in [-0.25, -0.2) is 0 Å². The van der Waals surface area contributed by atoms with Crippen LogP contribution >= 0.6 is 11.6 Å². The number of hydrogen-bond acceptors (Lipinski definition) is 2. The molecule has 0 bridgehead atoms. The smallest absolute Gasteiger partial charge is 0.250 e. The highest BCUT2D eigenvalue weighted by Gasteiger charge is 2.38. The molecule has 4 nitrogen and oxygen atoms in total. The molecule has 1 aromatic carbocycles. The number of carbonyl (C=O) groups is 2. The van der Waals surface area contributed by atoms with Crippen molar-refractivity contribution in [2.45, 2.75) is 39.3 Å². The first kappa shape index (κ1) is 13.9. The Morgan fingerprint density at radius 2 is 2.05 bits per heavy atom. The SMILES string of the molecule is CCC1NC(=O)C(C)N(c2ccc(C)cc2Cl)C1=O. The normalized spacial score (nSPS) is 23.5. The van der Waals surface area contributed by atoms with Crippen LogP contribution in [0.1, 0.15) is 25.8 Å². The maximum atomic E-state index is 12.4. The van der Waals surface area contributed by atoms with Crippen LogP contribution in [0.25, 0.3) is 0 Å². The first-order valence-corrected chi connectivity index (χ1v) is 6.73. The molecule has 1 saturated heterocycles. The molecule has 0 radical (unpaired) electrons. The first-order valence-electron chi connectivity index (χ1n) is 6.35. The number of amides is 2. The zero-order valence-electron chi connectivity index (χ0n) is 11.2. The molecule has 1 heterocycles. The molecule has 1 aliphatic heterocycles. The van der Waals surface area contributed by atoms with Gasteiger partial charge in [-0.2, -0.15) is 0 Å². The summed E-state index contributed by atoms with van der Waals surface area (Å²) >= 11 is 6.21. The molecule has 5 heteroatoms. The van der Waals surface area contributed by atoms with Crippen molar-refractivity contribution in [3.8, 4) is 0 Å². The monoisotopic (exact) mass is 280 g/mol. The first-order chi connectivity index (χ1) is 8.95. The predicted molar refractivity (Wildman–Crippen MR) is 75.4 cm³/mol. The van der Waals surface area contributed by atoms with Crippen LogP contribution in [0, 0.1) is 6.92 Å². The summed E-state index contributed by atoms with van der Waals surface area (Å²) in [5.41, 5.74) is 1.61. The quantitative estimate of drug-likeness (QED) is 0.903. The minimum atomic E-state index is -0.546. The lowest BCUT2D eigenvalue weighted by Crippen LogP contribution is -2.62. The summed E-state index contributed by atoms with van der Waals surface area (Å²) < 4.78 is 0. The van der Waals surface area contributed by atoms with Crippen LogP contribution in [-0.2, 0) is 9.59 Å². The van der Waals surface area contributed by atoms with Crippen LogP contribution in [0.2, 0.25) is 5.02 Å². The Morgan fingerprint density at radius 3 is 2.63 bits per heavy atom. The molecule has 2 unspecified atom stereocenters. The van der Waals surface area contributed by atoms with Crippen molar-refractivity contribution in [3.63, 3.8) is 0 Å². The van der Waals surface area contributed by atoms with Crippen molar-refractivity contribution in [3.05, 3.63) is 28.8 Å². The van der Waals surface area contributed by atoms with E-state index in [1.165, 1.54) is 4.90 Å². The third-order valence-corrected chi connectivity index (χ3v) is 3.69. The standard InChI is InChI=1S/C14H17ClN2O2/c1-4-11-14(19)17(9(3)13(18)16-11)12-6-5-8(2)7-10(12)15/h5-7,9,11H,4H2,1-3H3,(H,16,18). The number of nitrogens with zero attached hydrogens (tertiary/aromatic N) is 1. The summed E-state index contributed by atoms with van der Waals surface area (Å²) in [6.45, 7) is 5.50. The van der Waals surface area contributed by atoms with Crippen molar-refractivity contribution in [1.82, 2.24) is 5.32 Å². The number of piperazine rings is 1.